The molecule has 2 aromatic rings. The molecule has 2 saturated heterocycles. The lowest BCUT2D eigenvalue weighted by Gasteiger charge is -2.32. The highest BCUT2D eigenvalue weighted by Gasteiger charge is 2.42. The lowest BCUT2D eigenvalue weighted by atomic mass is 10.1. The fraction of sp³-hybridized carbons (Fsp3) is 0.391. The average molecular weight is 412 g/mol. The second kappa shape index (κ2) is 9.26. The number of morpholine rings is 1. The number of hydrogen-bond donors (Lipinski definition) is 0. The van der Waals surface area contributed by atoms with Crippen molar-refractivity contribution >= 4 is 11.8 Å². The molecule has 2 aliphatic heterocycles. The molecule has 0 radical (unpaired) electrons. The van der Waals surface area contributed by atoms with Crippen molar-refractivity contribution in [3.8, 4) is 5.75 Å². The minimum Gasteiger partial charge on any atom is -0.488 e. The summed E-state index contributed by atoms with van der Waals surface area (Å²) in [6.45, 7) is 2.36. The van der Waals surface area contributed by atoms with Crippen molar-refractivity contribution in [3.63, 3.8) is 0 Å². The van der Waals surface area contributed by atoms with Crippen LogP contribution in [0.3, 0.4) is 0 Å². The number of likely N-dealkylation sites (tertiary alicyclic amines) is 1. The van der Waals surface area contributed by atoms with E-state index in [1.54, 1.807) is 21.9 Å². The number of para-hydroxylation sites is 1. The number of halogens is 1. The number of carbonyl (C=O) groups excluding carboxylic acids is 2. The molecule has 2 aromatic carbocycles. The van der Waals surface area contributed by atoms with Gasteiger partial charge in [0.2, 0.25) is 11.8 Å². The zero-order chi connectivity index (χ0) is 20.9. The van der Waals surface area contributed by atoms with Gasteiger partial charge in [0.1, 0.15) is 23.7 Å². The summed E-state index contributed by atoms with van der Waals surface area (Å²) in [5.74, 6) is 0.0453. The van der Waals surface area contributed by atoms with Gasteiger partial charge < -0.3 is 19.3 Å². The Hall–Kier alpha value is -2.93. The SMILES string of the molecule is O=C([C@H]1C[C@H](Oc2ccccc2)CN1C(=O)Cc1cccc(F)c1)N1CCOCC1. The monoisotopic (exact) mass is 412 g/mol. The van der Waals surface area contributed by atoms with Crippen molar-refractivity contribution in [2.75, 3.05) is 32.8 Å². The van der Waals surface area contributed by atoms with Crippen molar-refractivity contribution in [2.45, 2.75) is 25.0 Å². The van der Waals surface area contributed by atoms with Gasteiger partial charge in [-0.3, -0.25) is 9.59 Å². The van der Waals surface area contributed by atoms with E-state index in [9.17, 15) is 14.0 Å². The summed E-state index contributed by atoms with van der Waals surface area (Å²) in [5, 5.41) is 0. The lowest BCUT2D eigenvalue weighted by Crippen LogP contribution is -2.51. The molecule has 0 unspecified atom stereocenters. The van der Waals surface area contributed by atoms with E-state index >= 15 is 0 Å². The van der Waals surface area contributed by atoms with Crippen LogP contribution in [0.1, 0.15) is 12.0 Å². The van der Waals surface area contributed by atoms with Crippen LogP contribution < -0.4 is 4.74 Å². The Labute approximate surface area is 175 Å². The van der Waals surface area contributed by atoms with Crippen molar-refractivity contribution < 1.29 is 23.5 Å². The van der Waals surface area contributed by atoms with E-state index in [0.717, 1.165) is 0 Å². The molecule has 0 aliphatic carbocycles. The van der Waals surface area contributed by atoms with Gasteiger partial charge in [-0.1, -0.05) is 30.3 Å². The Balaban J connectivity index is 1.50. The smallest absolute Gasteiger partial charge is 0.245 e. The van der Waals surface area contributed by atoms with Crippen molar-refractivity contribution in [3.05, 3.63) is 66.0 Å². The zero-order valence-electron chi connectivity index (χ0n) is 16.7. The molecule has 2 aliphatic rings. The molecule has 0 aromatic heterocycles. The average Bonchev–Trinajstić information content (AvgIpc) is 3.18. The molecule has 2 heterocycles. The highest BCUT2D eigenvalue weighted by molar-refractivity contribution is 5.89. The maximum Gasteiger partial charge on any atom is 0.245 e. The topological polar surface area (TPSA) is 59.1 Å². The van der Waals surface area contributed by atoms with Crippen molar-refractivity contribution in [2.24, 2.45) is 0 Å². The Bertz CT molecular complexity index is 886. The van der Waals surface area contributed by atoms with Gasteiger partial charge >= 0.3 is 0 Å². The van der Waals surface area contributed by atoms with Gasteiger partial charge in [-0.25, -0.2) is 4.39 Å². The van der Waals surface area contributed by atoms with Crippen LogP contribution in [0.5, 0.6) is 5.75 Å². The molecule has 0 saturated carbocycles. The first kappa shape index (κ1) is 20.3. The first-order chi connectivity index (χ1) is 14.6. The number of amides is 2. The van der Waals surface area contributed by atoms with E-state index in [1.807, 2.05) is 30.3 Å². The van der Waals surface area contributed by atoms with Crippen LogP contribution in [-0.2, 0) is 20.7 Å². The number of nitrogens with zero attached hydrogens (tertiary/aromatic N) is 2. The highest BCUT2D eigenvalue weighted by atomic mass is 19.1. The van der Waals surface area contributed by atoms with Crippen LogP contribution in [0.4, 0.5) is 4.39 Å². The molecule has 7 heteroatoms. The number of ether oxygens (including phenoxy) is 2. The zero-order valence-corrected chi connectivity index (χ0v) is 16.7. The summed E-state index contributed by atoms with van der Waals surface area (Å²) in [6.07, 6.45) is 0.196. The highest BCUT2D eigenvalue weighted by Crippen LogP contribution is 2.26. The number of benzene rings is 2. The summed E-state index contributed by atoms with van der Waals surface area (Å²) < 4.78 is 24.9. The molecule has 2 fully saturated rings. The molecule has 2 atom stereocenters. The molecule has 4 rings (SSSR count). The van der Waals surface area contributed by atoms with Crippen LogP contribution in [0.15, 0.2) is 54.6 Å². The molecule has 0 spiro atoms. The van der Waals surface area contributed by atoms with Crippen LogP contribution in [0, 0.1) is 5.82 Å². The van der Waals surface area contributed by atoms with Gasteiger partial charge in [-0.2, -0.15) is 0 Å². The van der Waals surface area contributed by atoms with Gasteiger partial charge in [0.25, 0.3) is 0 Å². The number of rotatable bonds is 5. The molecule has 6 nitrogen and oxygen atoms in total. The molecule has 30 heavy (non-hydrogen) atoms. The van der Waals surface area contributed by atoms with E-state index in [4.69, 9.17) is 9.47 Å². The lowest BCUT2D eigenvalue weighted by molar-refractivity contribution is -0.146. The summed E-state index contributed by atoms with van der Waals surface area (Å²) >= 11 is 0. The Morgan fingerprint density at radius 2 is 1.83 bits per heavy atom. The van der Waals surface area contributed by atoms with E-state index in [-0.39, 0.29) is 30.2 Å². The Morgan fingerprint density at radius 1 is 1.07 bits per heavy atom. The van der Waals surface area contributed by atoms with Crippen LogP contribution in [0.2, 0.25) is 0 Å². The predicted molar refractivity (Wildman–Crippen MR) is 108 cm³/mol. The minimum atomic E-state index is -0.585. The quantitative estimate of drug-likeness (QED) is 0.756. The third kappa shape index (κ3) is 4.79. The van der Waals surface area contributed by atoms with Gasteiger partial charge in [-0.15, -0.1) is 0 Å². The third-order valence-corrected chi connectivity index (χ3v) is 5.48. The molecule has 0 N–H and O–H groups in total. The molecule has 2 amide bonds. The normalized spacial score (nSPS) is 21.5. The third-order valence-electron chi connectivity index (χ3n) is 5.48. The van der Waals surface area contributed by atoms with Crippen LogP contribution in [-0.4, -0.2) is 66.6 Å². The molecule has 0 bridgehead atoms. The first-order valence-electron chi connectivity index (χ1n) is 10.2. The van der Waals surface area contributed by atoms with Gasteiger partial charge in [0, 0.05) is 19.5 Å². The summed E-state index contributed by atoms with van der Waals surface area (Å²) in [4.78, 5) is 29.6. The fourth-order valence-corrected chi connectivity index (χ4v) is 4.00. The maximum absolute atomic E-state index is 13.5. The predicted octanol–water partition coefficient (Wildman–Crippen LogP) is 2.28. The van der Waals surface area contributed by atoms with Crippen molar-refractivity contribution in [1.29, 1.82) is 0 Å². The van der Waals surface area contributed by atoms with Crippen LogP contribution >= 0.6 is 0 Å². The standard InChI is InChI=1S/C23H25FN2O4/c24-18-6-4-5-17(13-18)14-22(27)26-16-20(30-19-7-2-1-3-8-19)15-21(26)23(28)25-9-11-29-12-10-25/h1-8,13,20-21H,9-12,14-16H2/t20-,21+/m0/s1. The van der Waals surface area contributed by atoms with E-state index in [0.29, 0.717) is 50.6 Å². The van der Waals surface area contributed by atoms with E-state index in [1.165, 1.54) is 12.1 Å². The maximum atomic E-state index is 13.5. The number of carbonyl (C=O) groups is 2. The van der Waals surface area contributed by atoms with Crippen LogP contribution in [0.25, 0.3) is 0 Å². The Morgan fingerprint density at radius 3 is 2.57 bits per heavy atom. The van der Waals surface area contributed by atoms with Gasteiger partial charge in [0.05, 0.1) is 26.2 Å². The second-order valence-electron chi connectivity index (χ2n) is 7.59. The van der Waals surface area contributed by atoms with Gasteiger partial charge in [-0.05, 0) is 29.8 Å². The Kier molecular flexibility index (Phi) is 6.28. The second-order valence-corrected chi connectivity index (χ2v) is 7.59. The fourth-order valence-electron chi connectivity index (χ4n) is 4.00. The molecular weight excluding hydrogens is 387 g/mol. The largest absolute Gasteiger partial charge is 0.488 e. The molecule has 158 valence electrons. The number of hydrogen-bond acceptors (Lipinski definition) is 4. The van der Waals surface area contributed by atoms with E-state index in [2.05, 4.69) is 0 Å². The van der Waals surface area contributed by atoms with E-state index < -0.39 is 6.04 Å². The van der Waals surface area contributed by atoms with Gasteiger partial charge in [0.15, 0.2) is 0 Å². The molecular formula is C23H25FN2O4. The summed E-state index contributed by atoms with van der Waals surface area (Å²) in [7, 11) is 0. The first-order valence-corrected chi connectivity index (χ1v) is 10.2. The summed E-state index contributed by atoms with van der Waals surface area (Å²) in [6, 6.07) is 14.8. The van der Waals surface area contributed by atoms with Crippen molar-refractivity contribution in [1.82, 2.24) is 9.80 Å². The summed E-state index contributed by atoms with van der Waals surface area (Å²) in [5.41, 5.74) is 0.588. The minimum absolute atomic E-state index is 0.0444.